The minimum absolute atomic E-state index is 0.0455. The van der Waals surface area contributed by atoms with E-state index in [0.717, 1.165) is 6.07 Å². The van der Waals surface area contributed by atoms with Gasteiger partial charge >= 0.3 is 0 Å². The van der Waals surface area contributed by atoms with Crippen molar-refractivity contribution in [2.45, 2.75) is 20.3 Å². The number of benzene rings is 1. The number of aliphatic hydroxyl groups is 1. The van der Waals surface area contributed by atoms with Gasteiger partial charge in [-0.25, -0.2) is 12.8 Å². The maximum absolute atomic E-state index is 13.7. The number of nitrogens with one attached hydrogen (secondary N) is 1. The Bertz CT molecular complexity index is 615. The molecule has 110 valence electrons. The van der Waals surface area contributed by atoms with Gasteiger partial charge in [0.15, 0.2) is 0 Å². The molecule has 1 aromatic carbocycles. The lowest BCUT2D eigenvalue weighted by Gasteiger charge is -2.10. The van der Waals surface area contributed by atoms with Crippen LogP contribution in [-0.2, 0) is 10.0 Å². The SMILES string of the molecule is CC(C)CCS(=O)(=O)Nc1ccc(C#CCO)cc1F. The first-order valence-electron chi connectivity index (χ1n) is 6.24. The van der Waals surface area contributed by atoms with E-state index in [0.29, 0.717) is 12.0 Å². The molecule has 0 aliphatic carbocycles. The maximum Gasteiger partial charge on any atom is 0.232 e. The molecule has 0 bridgehead atoms. The summed E-state index contributed by atoms with van der Waals surface area (Å²) in [5, 5.41) is 8.55. The third-order valence-corrected chi connectivity index (χ3v) is 3.81. The zero-order chi connectivity index (χ0) is 15.2. The van der Waals surface area contributed by atoms with Crippen LogP contribution in [0, 0.1) is 23.6 Å². The van der Waals surface area contributed by atoms with Gasteiger partial charge in [-0.05, 0) is 30.5 Å². The third kappa shape index (κ3) is 5.59. The second-order valence-corrected chi connectivity index (χ2v) is 6.60. The molecule has 0 atom stereocenters. The Kier molecular flexibility index (Phi) is 5.99. The molecule has 1 rings (SSSR count). The summed E-state index contributed by atoms with van der Waals surface area (Å²) in [6, 6.07) is 3.94. The normalized spacial score (nSPS) is 11.1. The molecule has 0 aliphatic rings. The fraction of sp³-hybridized carbons (Fsp3) is 0.429. The predicted molar refractivity (Wildman–Crippen MR) is 77.2 cm³/mol. The Balaban J connectivity index is 2.83. The van der Waals surface area contributed by atoms with E-state index in [1.54, 1.807) is 0 Å². The van der Waals surface area contributed by atoms with Crippen LogP contribution in [0.25, 0.3) is 0 Å². The molecule has 0 saturated heterocycles. The number of aliphatic hydroxyl groups excluding tert-OH is 1. The van der Waals surface area contributed by atoms with Crippen molar-refractivity contribution in [3.05, 3.63) is 29.6 Å². The second kappa shape index (κ2) is 7.27. The third-order valence-electron chi connectivity index (χ3n) is 2.51. The first-order valence-corrected chi connectivity index (χ1v) is 7.89. The van der Waals surface area contributed by atoms with Crippen LogP contribution in [0.3, 0.4) is 0 Å². The van der Waals surface area contributed by atoms with Crippen molar-refractivity contribution >= 4 is 15.7 Å². The average molecular weight is 299 g/mol. The van der Waals surface area contributed by atoms with E-state index in [4.69, 9.17) is 5.11 Å². The van der Waals surface area contributed by atoms with Gasteiger partial charge in [-0.15, -0.1) is 0 Å². The molecule has 4 nitrogen and oxygen atoms in total. The quantitative estimate of drug-likeness (QED) is 0.817. The fourth-order valence-corrected chi connectivity index (χ4v) is 2.81. The summed E-state index contributed by atoms with van der Waals surface area (Å²) >= 11 is 0. The zero-order valence-corrected chi connectivity index (χ0v) is 12.3. The Morgan fingerprint density at radius 2 is 2.10 bits per heavy atom. The van der Waals surface area contributed by atoms with Crippen LogP contribution in [0.4, 0.5) is 10.1 Å². The van der Waals surface area contributed by atoms with Crippen LogP contribution in [0.1, 0.15) is 25.8 Å². The van der Waals surface area contributed by atoms with Gasteiger partial charge in [-0.2, -0.15) is 0 Å². The van der Waals surface area contributed by atoms with Crippen LogP contribution in [-0.4, -0.2) is 25.9 Å². The van der Waals surface area contributed by atoms with Gasteiger partial charge in [-0.1, -0.05) is 25.7 Å². The van der Waals surface area contributed by atoms with Crippen molar-refractivity contribution in [1.82, 2.24) is 0 Å². The Morgan fingerprint density at radius 1 is 1.40 bits per heavy atom. The lowest BCUT2D eigenvalue weighted by Crippen LogP contribution is -2.18. The average Bonchev–Trinajstić information content (AvgIpc) is 2.37. The summed E-state index contributed by atoms with van der Waals surface area (Å²) in [5.41, 5.74) is 0.282. The Morgan fingerprint density at radius 3 is 2.65 bits per heavy atom. The molecule has 20 heavy (non-hydrogen) atoms. The van der Waals surface area contributed by atoms with Crippen molar-refractivity contribution in [3.63, 3.8) is 0 Å². The van der Waals surface area contributed by atoms with E-state index in [1.807, 2.05) is 13.8 Å². The predicted octanol–water partition coefficient (Wildman–Crippen LogP) is 1.96. The minimum Gasteiger partial charge on any atom is -0.384 e. The topological polar surface area (TPSA) is 66.4 Å². The van der Waals surface area contributed by atoms with Gasteiger partial charge < -0.3 is 5.11 Å². The molecular formula is C14H18FNO3S. The molecule has 1 aromatic rings. The smallest absolute Gasteiger partial charge is 0.232 e. The van der Waals surface area contributed by atoms with Crippen molar-refractivity contribution < 1.29 is 17.9 Å². The van der Waals surface area contributed by atoms with Gasteiger partial charge in [0, 0.05) is 5.56 Å². The molecule has 0 radical (unpaired) electrons. The largest absolute Gasteiger partial charge is 0.384 e. The highest BCUT2D eigenvalue weighted by molar-refractivity contribution is 7.92. The summed E-state index contributed by atoms with van der Waals surface area (Å²) in [6.07, 6.45) is 0.511. The lowest BCUT2D eigenvalue weighted by molar-refractivity contribution is 0.350. The standard InChI is InChI=1S/C14H18FNO3S/c1-11(2)7-9-20(18,19)16-14-6-5-12(4-3-8-17)10-13(14)15/h5-6,10-11,16-17H,7-9H2,1-2H3. The highest BCUT2D eigenvalue weighted by atomic mass is 32.2. The first kappa shape index (κ1) is 16.5. The van der Waals surface area contributed by atoms with Gasteiger partial charge in [0.1, 0.15) is 12.4 Å². The Hall–Kier alpha value is -1.58. The number of anilines is 1. The van der Waals surface area contributed by atoms with Crippen LogP contribution < -0.4 is 4.72 Å². The number of rotatable bonds is 5. The number of halogens is 1. The van der Waals surface area contributed by atoms with Crippen LogP contribution in [0.5, 0.6) is 0 Å². The molecule has 6 heteroatoms. The molecule has 0 amide bonds. The number of hydrogen-bond donors (Lipinski definition) is 2. The van der Waals surface area contributed by atoms with Crippen LogP contribution in [0.15, 0.2) is 18.2 Å². The van der Waals surface area contributed by atoms with E-state index in [9.17, 15) is 12.8 Å². The number of hydrogen-bond acceptors (Lipinski definition) is 3. The maximum atomic E-state index is 13.7. The molecule has 2 N–H and O–H groups in total. The summed E-state index contributed by atoms with van der Waals surface area (Å²) < 4.78 is 39.5. The molecule has 0 spiro atoms. The fourth-order valence-electron chi connectivity index (χ4n) is 1.43. The summed E-state index contributed by atoms with van der Waals surface area (Å²) in [6.45, 7) is 3.53. The lowest BCUT2D eigenvalue weighted by atomic mass is 10.2. The van der Waals surface area contributed by atoms with Crippen molar-refractivity contribution in [2.24, 2.45) is 5.92 Å². The molecule has 0 unspecified atom stereocenters. The van der Waals surface area contributed by atoms with Crippen LogP contribution >= 0.6 is 0 Å². The molecule has 0 heterocycles. The van der Waals surface area contributed by atoms with E-state index in [-0.39, 0.29) is 24.0 Å². The van der Waals surface area contributed by atoms with E-state index in [1.165, 1.54) is 12.1 Å². The van der Waals surface area contributed by atoms with E-state index in [2.05, 4.69) is 16.6 Å². The van der Waals surface area contributed by atoms with Crippen molar-refractivity contribution in [1.29, 1.82) is 0 Å². The second-order valence-electron chi connectivity index (χ2n) is 4.76. The zero-order valence-electron chi connectivity index (χ0n) is 11.5. The van der Waals surface area contributed by atoms with Crippen molar-refractivity contribution in [3.8, 4) is 11.8 Å². The van der Waals surface area contributed by atoms with Crippen LogP contribution in [0.2, 0.25) is 0 Å². The minimum atomic E-state index is -3.55. The van der Waals surface area contributed by atoms with Gasteiger partial charge in [0.25, 0.3) is 0 Å². The monoisotopic (exact) mass is 299 g/mol. The summed E-state index contributed by atoms with van der Waals surface area (Å²) in [7, 11) is -3.55. The molecular weight excluding hydrogens is 281 g/mol. The van der Waals surface area contributed by atoms with Gasteiger partial charge in [0.05, 0.1) is 11.4 Å². The number of sulfonamides is 1. The van der Waals surface area contributed by atoms with Crippen molar-refractivity contribution in [2.75, 3.05) is 17.1 Å². The van der Waals surface area contributed by atoms with E-state index < -0.39 is 15.8 Å². The molecule has 0 aromatic heterocycles. The summed E-state index contributed by atoms with van der Waals surface area (Å²) in [4.78, 5) is 0. The van der Waals surface area contributed by atoms with E-state index >= 15 is 0 Å². The first-order chi connectivity index (χ1) is 9.34. The Labute approximate surface area is 119 Å². The molecule has 0 aliphatic heterocycles. The summed E-state index contributed by atoms with van der Waals surface area (Å²) in [5.74, 6) is 4.46. The highest BCUT2D eigenvalue weighted by Crippen LogP contribution is 2.17. The highest BCUT2D eigenvalue weighted by Gasteiger charge is 2.14. The van der Waals surface area contributed by atoms with Gasteiger partial charge in [0.2, 0.25) is 10.0 Å². The molecule has 0 fully saturated rings. The molecule has 0 saturated carbocycles. The van der Waals surface area contributed by atoms with Gasteiger partial charge in [-0.3, -0.25) is 4.72 Å².